The minimum absolute atomic E-state index is 0.00731. The number of aliphatic carboxylic acids is 1. The Bertz CT molecular complexity index is 1080. The third kappa shape index (κ3) is 3.54. The van der Waals surface area contributed by atoms with Crippen molar-refractivity contribution >= 4 is 18.0 Å². The number of ether oxygens (including phenoxy) is 1. The van der Waals surface area contributed by atoms with E-state index in [4.69, 9.17) is 4.74 Å². The highest BCUT2D eigenvalue weighted by Crippen LogP contribution is 2.47. The van der Waals surface area contributed by atoms with Crippen LogP contribution in [0, 0.1) is 5.92 Å². The molecule has 7 heteroatoms. The summed E-state index contributed by atoms with van der Waals surface area (Å²) < 4.78 is 5.58. The predicted molar refractivity (Wildman–Crippen MR) is 126 cm³/mol. The lowest BCUT2D eigenvalue weighted by Crippen LogP contribution is -2.53. The Morgan fingerprint density at radius 3 is 2.21 bits per heavy atom. The maximum absolute atomic E-state index is 13.3. The van der Waals surface area contributed by atoms with Gasteiger partial charge in [-0.2, -0.15) is 0 Å². The molecule has 2 aromatic carbocycles. The molecule has 0 spiro atoms. The second-order valence-corrected chi connectivity index (χ2v) is 9.59. The van der Waals surface area contributed by atoms with Gasteiger partial charge < -0.3 is 20.1 Å². The van der Waals surface area contributed by atoms with E-state index < -0.39 is 23.5 Å². The molecule has 2 heterocycles. The molecular formula is C27H30N2O5. The average Bonchev–Trinajstić information content (AvgIpc) is 3.52. The van der Waals surface area contributed by atoms with E-state index in [9.17, 15) is 19.5 Å². The van der Waals surface area contributed by atoms with Crippen molar-refractivity contribution in [1.82, 2.24) is 10.2 Å². The summed E-state index contributed by atoms with van der Waals surface area (Å²) in [5, 5.41) is 12.6. The number of carbonyl (C=O) groups excluding carboxylic acids is 2. The molecular weight excluding hydrogens is 432 g/mol. The number of hydrogen-bond donors (Lipinski definition) is 2. The predicted octanol–water partition coefficient (Wildman–Crippen LogP) is 4.16. The molecule has 5 rings (SSSR count). The van der Waals surface area contributed by atoms with E-state index in [-0.39, 0.29) is 31.0 Å². The van der Waals surface area contributed by atoms with Gasteiger partial charge in [-0.1, -0.05) is 55.5 Å². The topological polar surface area (TPSA) is 95.9 Å². The van der Waals surface area contributed by atoms with Crippen molar-refractivity contribution in [2.45, 2.75) is 56.5 Å². The van der Waals surface area contributed by atoms with Crippen LogP contribution in [0.2, 0.25) is 0 Å². The fraction of sp³-hybridized carbons (Fsp3) is 0.444. The number of nitrogens with one attached hydrogen (secondary N) is 1. The molecule has 0 aromatic heterocycles. The van der Waals surface area contributed by atoms with Gasteiger partial charge in [-0.3, -0.25) is 4.79 Å². The molecule has 1 aliphatic carbocycles. The minimum atomic E-state index is -1.07. The lowest BCUT2D eigenvalue weighted by Gasteiger charge is -2.33. The summed E-state index contributed by atoms with van der Waals surface area (Å²) in [6.07, 6.45) is 2.43. The molecule has 1 atom stereocenters. The number of benzene rings is 2. The number of carbonyl (C=O) groups is 3. The Labute approximate surface area is 199 Å². The van der Waals surface area contributed by atoms with Crippen LogP contribution in [-0.2, 0) is 14.3 Å². The van der Waals surface area contributed by atoms with E-state index in [1.165, 1.54) is 0 Å². The zero-order chi connectivity index (χ0) is 23.9. The molecule has 178 valence electrons. The highest BCUT2D eigenvalue weighted by atomic mass is 16.5. The van der Waals surface area contributed by atoms with E-state index in [1.54, 1.807) is 4.90 Å². The van der Waals surface area contributed by atoms with Crippen molar-refractivity contribution in [2.24, 2.45) is 5.92 Å². The minimum Gasteiger partial charge on any atom is -0.479 e. The Morgan fingerprint density at radius 2 is 1.65 bits per heavy atom. The highest BCUT2D eigenvalue weighted by Gasteiger charge is 2.59. The third-order valence-electron chi connectivity index (χ3n) is 7.92. The van der Waals surface area contributed by atoms with Crippen LogP contribution >= 0.6 is 0 Å². The van der Waals surface area contributed by atoms with Crippen molar-refractivity contribution in [3.63, 3.8) is 0 Å². The van der Waals surface area contributed by atoms with E-state index in [2.05, 4.69) is 29.6 Å². The zero-order valence-electron chi connectivity index (χ0n) is 19.3. The average molecular weight is 463 g/mol. The van der Waals surface area contributed by atoms with Gasteiger partial charge >= 0.3 is 12.1 Å². The Kier molecular flexibility index (Phi) is 5.80. The van der Waals surface area contributed by atoms with Crippen molar-refractivity contribution in [2.75, 3.05) is 13.2 Å². The van der Waals surface area contributed by atoms with Crippen molar-refractivity contribution in [1.29, 1.82) is 0 Å². The normalized spacial score (nSPS) is 23.3. The molecule has 34 heavy (non-hydrogen) atoms. The number of alkyl carbamates (subject to hydrolysis) is 1. The first-order valence-corrected chi connectivity index (χ1v) is 12.1. The maximum atomic E-state index is 13.3. The van der Waals surface area contributed by atoms with Crippen molar-refractivity contribution in [3.8, 4) is 11.1 Å². The molecule has 2 saturated heterocycles. The van der Waals surface area contributed by atoms with E-state index in [1.807, 2.05) is 31.2 Å². The van der Waals surface area contributed by atoms with Gasteiger partial charge in [0.25, 0.3) is 0 Å². The molecule has 2 fully saturated rings. The lowest BCUT2D eigenvalue weighted by molar-refractivity contribution is -0.157. The number of carboxylic acids is 1. The number of nitrogens with zero attached hydrogens (tertiary/aromatic N) is 1. The quantitative estimate of drug-likeness (QED) is 0.644. The molecule has 2 N–H and O–H groups in total. The SMILES string of the molecule is CCC(CNC(=O)OCC1c2ccccc2-c2ccccc21)C(=O)N1C2CCC1(C(=O)O)CC2. The summed E-state index contributed by atoms with van der Waals surface area (Å²) in [5.41, 5.74) is 3.54. The molecule has 2 bridgehead atoms. The Hall–Kier alpha value is -3.35. The molecule has 2 aromatic rings. The molecule has 0 saturated carbocycles. The lowest BCUT2D eigenvalue weighted by atomic mass is 9.87. The van der Waals surface area contributed by atoms with Crippen LogP contribution < -0.4 is 5.32 Å². The van der Waals surface area contributed by atoms with E-state index >= 15 is 0 Å². The first-order chi connectivity index (χ1) is 16.5. The first kappa shape index (κ1) is 22.4. The van der Waals surface area contributed by atoms with Gasteiger partial charge in [0, 0.05) is 18.5 Å². The standard InChI is InChI=1S/C27H30N2O5/c1-2-17(24(30)29-18-11-13-27(29,14-12-18)25(31)32)15-28-26(33)34-16-23-21-9-5-3-7-19(21)20-8-4-6-10-22(20)23/h3-10,17-18,23H,2,11-16H2,1H3,(H,28,33)(H,31,32). The molecule has 2 amide bonds. The smallest absolute Gasteiger partial charge is 0.407 e. The Morgan fingerprint density at radius 1 is 1.06 bits per heavy atom. The number of hydrogen-bond acceptors (Lipinski definition) is 4. The summed E-state index contributed by atoms with van der Waals surface area (Å²) >= 11 is 0. The summed E-state index contributed by atoms with van der Waals surface area (Å²) in [6.45, 7) is 2.22. The van der Waals surface area contributed by atoms with Crippen LogP contribution in [0.25, 0.3) is 11.1 Å². The van der Waals surface area contributed by atoms with Gasteiger partial charge in [0.15, 0.2) is 0 Å². The zero-order valence-corrected chi connectivity index (χ0v) is 19.3. The largest absolute Gasteiger partial charge is 0.479 e. The van der Waals surface area contributed by atoms with Gasteiger partial charge in [0.2, 0.25) is 5.91 Å². The summed E-state index contributed by atoms with van der Waals surface area (Å²) in [4.78, 5) is 39.4. The molecule has 3 aliphatic rings. The fourth-order valence-electron chi connectivity index (χ4n) is 6.10. The maximum Gasteiger partial charge on any atom is 0.407 e. The summed E-state index contributed by atoms with van der Waals surface area (Å²) in [7, 11) is 0. The number of carboxylic acid groups (broad SMARTS) is 1. The van der Waals surface area contributed by atoms with Crippen molar-refractivity contribution in [3.05, 3.63) is 59.7 Å². The molecule has 7 nitrogen and oxygen atoms in total. The second-order valence-electron chi connectivity index (χ2n) is 9.59. The van der Waals surface area contributed by atoms with Gasteiger partial charge in [0.05, 0.1) is 5.92 Å². The van der Waals surface area contributed by atoms with Gasteiger partial charge in [0.1, 0.15) is 12.1 Å². The monoisotopic (exact) mass is 462 g/mol. The first-order valence-electron chi connectivity index (χ1n) is 12.1. The Balaban J connectivity index is 1.20. The van der Waals surface area contributed by atoms with Crippen LogP contribution in [0.5, 0.6) is 0 Å². The van der Waals surface area contributed by atoms with Crippen LogP contribution in [-0.4, -0.2) is 52.7 Å². The van der Waals surface area contributed by atoms with Crippen LogP contribution in [0.4, 0.5) is 4.79 Å². The van der Waals surface area contributed by atoms with Crippen LogP contribution in [0.15, 0.2) is 48.5 Å². The summed E-state index contributed by atoms with van der Waals surface area (Å²) in [6, 6.07) is 16.3. The van der Waals surface area contributed by atoms with Crippen LogP contribution in [0.3, 0.4) is 0 Å². The number of rotatable bonds is 7. The fourth-order valence-corrected chi connectivity index (χ4v) is 6.10. The second kappa shape index (κ2) is 8.78. The summed E-state index contributed by atoms with van der Waals surface area (Å²) in [5.74, 6) is -1.60. The molecule has 1 unspecified atom stereocenters. The van der Waals surface area contributed by atoms with Crippen molar-refractivity contribution < 1.29 is 24.2 Å². The third-order valence-corrected chi connectivity index (χ3v) is 7.92. The van der Waals surface area contributed by atoms with E-state index in [0.29, 0.717) is 19.3 Å². The number of fused-ring (bicyclic) bond motifs is 5. The van der Waals surface area contributed by atoms with Gasteiger partial charge in [-0.05, 0) is 54.4 Å². The molecule has 0 radical (unpaired) electrons. The van der Waals surface area contributed by atoms with Crippen LogP contribution in [0.1, 0.15) is 56.1 Å². The number of amides is 2. The molecule has 2 aliphatic heterocycles. The highest BCUT2D eigenvalue weighted by molar-refractivity contribution is 5.90. The van der Waals surface area contributed by atoms with E-state index in [0.717, 1.165) is 35.1 Å². The van der Waals surface area contributed by atoms with Gasteiger partial charge in [-0.15, -0.1) is 0 Å². The van der Waals surface area contributed by atoms with Gasteiger partial charge in [-0.25, -0.2) is 9.59 Å².